The van der Waals surface area contributed by atoms with Gasteiger partial charge in [-0.1, -0.05) is 24.3 Å². The number of methoxy groups -OCH3 is 2. The van der Waals surface area contributed by atoms with E-state index in [1.807, 2.05) is 30.3 Å². The van der Waals surface area contributed by atoms with Gasteiger partial charge in [-0.15, -0.1) is 11.8 Å². The first-order valence-corrected chi connectivity index (χ1v) is 15.7. The Hall–Kier alpha value is -5.30. The van der Waals surface area contributed by atoms with Crippen LogP contribution in [0.1, 0.15) is 31.8 Å². The van der Waals surface area contributed by atoms with E-state index < -0.39 is 21.6 Å². The molecule has 4 aromatic rings. The maximum Gasteiger partial charge on any atom is 0.259 e. The van der Waals surface area contributed by atoms with Crippen LogP contribution in [-0.2, 0) is 9.84 Å². The van der Waals surface area contributed by atoms with E-state index >= 15 is 0 Å². The summed E-state index contributed by atoms with van der Waals surface area (Å²) in [5, 5.41) is 18.2. The van der Waals surface area contributed by atoms with E-state index in [-0.39, 0.29) is 21.9 Å². The molecule has 0 saturated heterocycles. The van der Waals surface area contributed by atoms with Crippen molar-refractivity contribution < 1.29 is 27.5 Å². The van der Waals surface area contributed by atoms with Gasteiger partial charge in [0.1, 0.15) is 29.5 Å². The molecule has 44 heavy (non-hydrogen) atoms. The number of benzene rings is 4. The molecular weight excluding hydrogens is 601 g/mol. The molecule has 4 aromatic carbocycles. The Morgan fingerprint density at radius 2 is 1.27 bits per heavy atom. The van der Waals surface area contributed by atoms with Crippen molar-refractivity contribution in [1.29, 1.82) is 10.5 Å². The molecule has 10 nitrogen and oxygen atoms in total. The minimum Gasteiger partial charge on any atom is -0.495 e. The molecule has 6 rings (SSSR count). The zero-order chi connectivity index (χ0) is 31.4. The standard InChI is InChI=1S/C16H12N2O4S.C16H12N2O2S/c1-22-14-7-6-11(8-12(14)9-17)16(19)18-10-23(20,21)15-5-3-2-4-13(15)18;1-20-14-7-6-11(8-12(14)9-17)16(19)18-10-21-15-5-3-2-4-13(15)18/h2-8H,10H2,1H3;2-8H,10H2,1H3. The van der Waals surface area contributed by atoms with Crippen LogP contribution in [0.15, 0.2) is 94.7 Å². The topological polar surface area (TPSA) is 141 Å². The van der Waals surface area contributed by atoms with Gasteiger partial charge in [-0.25, -0.2) is 8.42 Å². The van der Waals surface area contributed by atoms with Crippen molar-refractivity contribution in [1.82, 2.24) is 0 Å². The summed E-state index contributed by atoms with van der Waals surface area (Å²) in [6.45, 7) is 0. The smallest absolute Gasteiger partial charge is 0.259 e. The van der Waals surface area contributed by atoms with Crippen molar-refractivity contribution in [2.24, 2.45) is 0 Å². The molecule has 0 unspecified atom stereocenters. The summed E-state index contributed by atoms with van der Waals surface area (Å²) in [5.74, 6) is 0.443. The molecule has 0 saturated carbocycles. The minimum absolute atomic E-state index is 0.105. The number of hydrogen-bond donors (Lipinski definition) is 0. The molecule has 2 amide bonds. The van der Waals surface area contributed by atoms with Crippen molar-refractivity contribution >= 4 is 44.8 Å². The zero-order valence-corrected chi connectivity index (χ0v) is 25.2. The second-order valence-electron chi connectivity index (χ2n) is 9.47. The molecule has 0 atom stereocenters. The fraction of sp³-hybridized carbons (Fsp3) is 0.125. The van der Waals surface area contributed by atoms with Gasteiger partial charge in [-0.05, 0) is 60.7 Å². The third kappa shape index (κ3) is 5.69. The third-order valence-electron chi connectivity index (χ3n) is 6.92. The summed E-state index contributed by atoms with van der Waals surface area (Å²) in [7, 11) is -0.584. The van der Waals surface area contributed by atoms with Gasteiger partial charge in [0.15, 0.2) is 9.84 Å². The maximum absolute atomic E-state index is 12.7. The van der Waals surface area contributed by atoms with Crippen LogP contribution < -0.4 is 19.3 Å². The van der Waals surface area contributed by atoms with E-state index in [4.69, 9.17) is 20.0 Å². The number of rotatable bonds is 4. The summed E-state index contributed by atoms with van der Waals surface area (Å²) in [4.78, 5) is 29.5. The van der Waals surface area contributed by atoms with Gasteiger partial charge >= 0.3 is 0 Å². The first-order chi connectivity index (χ1) is 21.2. The van der Waals surface area contributed by atoms with Crippen LogP contribution in [0, 0.1) is 22.7 Å². The summed E-state index contributed by atoms with van der Waals surface area (Å²) in [6.07, 6.45) is 0. The Morgan fingerprint density at radius 3 is 1.84 bits per heavy atom. The van der Waals surface area contributed by atoms with Crippen LogP contribution in [0.4, 0.5) is 11.4 Å². The largest absolute Gasteiger partial charge is 0.495 e. The summed E-state index contributed by atoms with van der Waals surface area (Å²) < 4.78 is 34.5. The molecule has 12 heteroatoms. The number of anilines is 2. The molecule has 2 aliphatic rings. The van der Waals surface area contributed by atoms with E-state index in [9.17, 15) is 18.0 Å². The molecular formula is C32H24N4O6S2. The second-order valence-corrected chi connectivity index (χ2v) is 12.4. The van der Waals surface area contributed by atoms with E-state index in [1.165, 1.54) is 43.4 Å². The zero-order valence-electron chi connectivity index (χ0n) is 23.6. The molecule has 0 radical (unpaired) electrons. The van der Waals surface area contributed by atoms with Gasteiger partial charge in [0.2, 0.25) is 0 Å². The van der Waals surface area contributed by atoms with E-state index in [1.54, 1.807) is 53.1 Å². The summed E-state index contributed by atoms with van der Waals surface area (Å²) in [6, 6.07) is 27.5. The van der Waals surface area contributed by atoms with Crippen molar-refractivity contribution in [2.75, 3.05) is 35.8 Å². The number of fused-ring (bicyclic) bond motifs is 2. The van der Waals surface area contributed by atoms with E-state index in [0.717, 1.165) is 10.6 Å². The fourth-order valence-corrected chi connectivity index (χ4v) is 7.31. The quantitative estimate of drug-likeness (QED) is 0.298. The summed E-state index contributed by atoms with van der Waals surface area (Å²) >= 11 is 1.63. The highest BCUT2D eigenvalue weighted by atomic mass is 32.2. The van der Waals surface area contributed by atoms with Crippen molar-refractivity contribution in [3.63, 3.8) is 0 Å². The highest BCUT2D eigenvalue weighted by Gasteiger charge is 2.36. The number of nitriles is 2. The predicted molar refractivity (Wildman–Crippen MR) is 165 cm³/mol. The van der Waals surface area contributed by atoms with Crippen LogP contribution in [-0.4, -0.2) is 46.2 Å². The number of nitrogens with zero attached hydrogens (tertiary/aromatic N) is 4. The van der Waals surface area contributed by atoms with Crippen LogP contribution in [0.5, 0.6) is 11.5 Å². The first kappa shape index (κ1) is 30.2. The number of para-hydroxylation sites is 2. The monoisotopic (exact) mass is 624 g/mol. The van der Waals surface area contributed by atoms with Gasteiger partial charge in [0.05, 0.1) is 47.5 Å². The molecule has 0 aliphatic carbocycles. The number of carbonyl (C=O) groups is 2. The molecule has 0 bridgehead atoms. The number of thioether (sulfide) groups is 1. The van der Waals surface area contributed by atoms with Crippen LogP contribution >= 0.6 is 11.8 Å². The van der Waals surface area contributed by atoms with Gasteiger partial charge < -0.3 is 9.47 Å². The third-order valence-corrected chi connectivity index (χ3v) is 9.58. The van der Waals surface area contributed by atoms with Crippen LogP contribution in [0.25, 0.3) is 0 Å². The Balaban J connectivity index is 0.000000175. The average Bonchev–Trinajstić information content (AvgIpc) is 3.62. The summed E-state index contributed by atoms with van der Waals surface area (Å²) in [5.41, 5.74) is 2.57. The SMILES string of the molecule is COc1ccc(C(=O)N2CS(=O)(=O)c3ccccc32)cc1C#N.COc1ccc(C(=O)N2CSc3ccccc32)cc1C#N. The lowest BCUT2D eigenvalue weighted by Gasteiger charge is -2.16. The Labute approximate surface area is 258 Å². The predicted octanol–water partition coefficient (Wildman–Crippen LogP) is 5.24. The molecule has 2 heterocycles. The van der Waals surface area contributed by atoms with Gasteiger partial charge in [0.25, 0.3) is 11.8 Å². The van der Waals surface area contributed by atoms with Gasteiger partial charge in [-0.2, -0.15) is 10.5 Å². The lowest BCUT2D eigenvalue weighted by Crippen LogP contribution is -2.30. The number of hydrogen-bond acceptors (Lipinski definition) is 9. The molecule has 0 aromatic heterocycles. The molecule has 2 aliphatic heterocycles. The molecule has 220 valence electrons. The Kier molecular flexibility index (Phi) is 8.58. The molecule has 0 N–H and O–H groups in total. The van der Waals surface area contributed by atoms with Crippen molar-refractivity contribution in [3.8, 4) is 23.6 Å². The average molecular weight is 625 g/mol. The van der Waals surface area contributed by atoms with E-state index in [0.29, 0.717) is 34.2 Å². The fourth-order valence-electron chi connectivity index (χ4n) is 4.76. The van der Waals surface area contributed by atoms with Crippen molar-refractivity contribution in [2.45, 2.75) is 9.79 Å². The highest BCUT2D eigenvalue weighted by molar-refractivity contribution is 8.00. The lowest BCUT2D eigenvalue weighted by atomic mass is 10.1. The van der Waals surface area contributed by atoms with Crippen LogP contribution in [0.3, 0.4) is 0 Å². The van der Waals surface area contributed by atoms with Crippen LogP contribution in [0.2, 0.25) is 0 Å². The minimum atomic E-state index is -3.52. The van der Waals surface area contributed by atoms with Gasteiger partial charge in [-0.3, -0.25) is 19.4 Å². The Bertz CT molecular complexity index is 1980. The molecule has 0 fully saturated rings. The first-order valence-electron chi connectivity index (χ1n) is 13.1. The number of amides is 2. The number of ether oxygens (including phenoxy) is 2. The highest BCUT2D eigenvalue weighted by Crippen LogP contribution is 2.39. The van der Waals surface area contributed by atoms with E-state index in [2.05, 4.69) is 6.07 Å². The van der Waals surface area contributed by atoms with Gasteiger partial charge in [0, 0.05) is 16.0 Å². The lowest BCUT2D eigenvalue weighted by molar-refractivity contribution is 0.0984. The number of sulfone groups is 1. The normalized spacial score (nSPS) is 13.8. The van der Waals surface area contributed by atoms with Crippen molar-refractivity contribution in [3.05, 3.63) is 107 Å². The molecule has 0 spiro atoms. The Morgan fingerprint density at radius 1 is 0.750 bits per heavy atom. The number of carbonyl (C=O) groups excluding carboxylic acids is 2. The maximum atomic E-state index is 12.7. The second kappa shape index (κ2) is 12.5.